The Hall–Kier alpha value is -2.01. The van der Waals surface area contributed by atoms with Gasteiger partial charge in [0.15, 0.2) is 0 Å². The lowest BCUT2D eigenvalue weighted by Gasteiger charge is -2.07. The van der Waals surface area contributed by atoms with Crippen LogP contribution in [0.2, 0.25) is 0 Å². The van der Waals surface area contributed by atoms with E-state index in [9.17, 15) is 5.11 Å². The van der Waals surface area contributed by atoms with Crippen LogP contribution in [0.25, 0.3) is 10.8 Å². The second kappa shape index (κ2) is 4.93. The molecule has 0 saturated heterocycles. The fourth-order valence-electron chi connectivity index (χ4n) is 1.97. The molecule has 0 aliphatic rings. The normalized spacial score (nSPS) is 11.0. The molecule has 19 heavy (non-hydrogen) atoms. The highest BCUT2D eigenvalue weighted by atomic mass is 32.2. The molecule has 2 aromatic carbocycles. The molecule has 0 spiro atoms. The Morgan fingerprint density at radius 1 is 1.16 bits per heavy atom. The van der Waals surface area contributed by atoms with Crippen molar-refractivity contribution in [1.29, 1.82) is 0 Å². The lowest BCUT2D eigenvalue weighted by atomic mass is 10.1. The van der Waals surface area contributed by atoms with Crippen LogP contribution in [0.1, 0.15) is 5.82 Å². The lowest BCUT2D eigenvalue weighted by molar-refractivity contribution is 0.481. The number of aryl methyl sites for hydroxylation is 1. The van der Waals surface area contributed by atoms with E-state index < -0.39 is 0 Å². The van der Waals surface area contributed by atoms with E-state index in [0.717, 1.165) is 27.2 Å². The zero-order valence-corrected chi connectivity index (χ0v) is 11.3. The number of hydrogen-bond acceptors (Lipinski definition) is 4. The van der Waals surface area contributed by atoms with Crippen LogP contribution in [0.5, 0.6) is 5.75 Å². The van der Waals surface area contributed by atoms with Gasteiger partial charge in [-0.1, -0.05) is 24.3 Å². The minimum atomic E-state index is 0.318. The number of benzene rings is 2. The summed E-state index contributed by atoms with van der Waals surface area (Å²) in [6.45, 7) is 0. The van der Waals surface area contributed by atoms with Gasteiger partial charge in [-0.2, -0.15) is 5.10 Å². The third-order valence-corrected chi connectivity index (χ3v) is 4.09. The molecule has 0 aliphatic heterocycles. The fourth-order valence-corrected chi connectivity index (χ4v) is 3.02. The molecule has 3 aromatic rings. The second-order valence-corrected chi connectivity index (χ2v) is 5.23. The van der Waals surface area contributed by atoms with Crippen LogP contribution < -0.4 is 0 Å². The predicted octanol–water partition coefficient (Wildman–Crippen LogP) is 2.97. The van der Waals surface area contributed by atoms with Crippen LogP contribution in [0.15, 0.2) is 47.6 Å². The quantitative estimate of drug-likeness (QED) is 0.744. The van der Waals surface area contributed by atoms with E-state index in [1.165, 1.54) is 0 Å². The maximum Gasteiger partial charge on any atom is 0.138 e. The molecule has 0 unspecified atom stereocenters. The van der Waals surface area contributed by atoms with Crippen molar-refractivity contribution in [1.82, 2.24) is 14.8 Å². The maximum absolute atomic E-state index is 9.86. The number of aromatic nitrogens is 3. The highest BCUT2D eigenvalue weighted by Crippen LogP contribution is 2.34. The predicted molar refractivity (Wildman–Crippen MR) is 76.2 cm³/mol. The molecule has 1 N–H and O–H groups in total. The zero-order chi connectivity index (χ0) is 13.2. The summed E-state index contributed by atoms with van der Waals surface area (Å²) in [5.74, 6) is 2.01. The minimum absolute atomic E-state index is 0.318. The summed E-state index contributed by atoms with van der Waals surface area (Å²) in [4.78, 5) is 5.35. The molecule has 0 saturated carbocycles. The van der Waals surface area contributed by atoms with E-state index in [2.05, 4.69) is 10.1 Å². The Morgan fingerprint density at radius 2 is 1.95 bits per heavy atom. The topological polar surface area (TPSA) is 50.9 Å². The number of hydrogen-bond donors (Lipinski definition) is 1. The minimum Gasteiger partial charge on any atom is -0.507 e. The Morgan fingerprint density at radius 3 is 2.68 bits per heavy atom. The van der Waals surface area contributed by atoms with Gasteiger partial charge in [-0.15, -0.1) is 11.8 Å². The van der Waals surface area contributed by atoms with Crippen molar-refractivity contribution in [3.63, 3.8) is 0 Å². The van der Waals surface area contributed by atoms with Gasteiger partial charge in [-0.3, -0.25) is 4.68 Å². The first-order chi connectivity index (χ1) is 9.25. The summed E-state index contributed by atoms with van der Waals surface area (Å²) in [5, 5.41) is 15.9. The van der Waals surface area contributed by atoms with Crippen LogP contribution in [0.4, 0.5) is 0 Å². The van der Waals surface area contributed by atoms with Crippen LogP contribution in [-0.4, -0.2) is 19.9 Å². The molecule has 0 fully saturated rings. The SMILES string of the molecule is Cn1ncnc1CSc1ccc(O)c2ccccc12. The third kappa shape index (κ3) is 2.29. The molecule has 0 bridgehead atoms. The zero-order valence-electron chi connectivity index (χ0n) is 10.4. The Balaban J connectivity index is 1.93. The summed E-state index contributed by atoms with van der Waals surface area (Å²) in [5.41, 5.74) is 0. The van der Waals surface area contributed by atoms with Crippen LogP contribution in [-0.2, 0) is 12.8 Å². The molecule has 96 valence electrons. The van der Waals surface area contributed by atoms with Crippen LogP contribution in [0, 0.1) is 0 Å². The molecule has 1 heterocycles. The van der Waals surface area contributed by atoms with Gasteiger partial charge in [0.05, 0.1) is 5.75 Å². The van der Waals surface area contributed by atoms with Gasteiger partial charge in [0.2, 0.25) is 0 Å². The Kier molecular flexibility index (Phi) is 3.13. The Labute approximate surface area is 115 Å². The fraction of sp³-hybridized carbons (Fsp3) is 0.143. The highest BCUT2D eigenvalue weighted by molar-refractivity contribution is 7.98. The first-order valence-electron chi connectivity index (χ1n) is 5.92. The van der Waals surface area contributed by atoms with Gasteiger partial charge in [-0.25, -0.2) is 4.98 Å². The van der Waals surface area contributed by atoms with Crippen molar-refractivity contribution in [3.8, 4) is 5.75 Å². The molecule has 4 nitrogen and oxygen atoms in total. The van der Waals surface area contributed by atoms with Crippen molar-refractivity contribution < 1.29 is 5.11 Å². The number of nitrogens with zero attached hydrogens (tertiary/aromatic N) is 3. The Bertz CT molecular complexity index is 724. The monoisotopic (exact) mass is 271 g/mol. The van der Waals surface area contributed by atoms with Crippen molar-refractivity contribution in [2.75, 3.05) is 0 Å². The third-order valence-electron chi connectivity index (χ3n) is 3.02. The number of aromatic hydroxyl groups is 1. The standard InChI is InChI=1S/C14H13N3OS/c1-17-14(15-9-16-17)8-19-13-7-6-12(18)10-4-2-3-5-11(10)13/h2-7,9,18H,8H2,1H3. The van der Waals surface area contributed by atoms with Gasteiger partial charge in [0.25, 0.3) is 0 Å². The molecule has 0 radical (unpaired) electrons. The van der Waals surface area contributed by atoms with E-state index in [-0.39, 0.29) is 0 Å². The molecule has 5 heteroatoms. The average Bonchev–Trinajstić information content (AvgIpc) is 2.84. The van der Waals surface area contributed by atoms with E-state index in [4.69, 9.17) is 0 Å². The van der Waals surface area contributed by atoms with E-state index in [0.29, 0.717) is 5.75 Å². The molecule has 0 aliphatic carbocycles. The molecule has 0 atom stereocenters. The van der Waals surface area contributed by atoms with Gasteiger partial charge >= 0.3 is 0 Å². The average molecular weight is 271 g/mol. The number of rotatable bonds is 3. The maximum atomic E-state index is 9.86. The second-order valence-electron chi connectivity index (χ2n) is 4.22. The number of fused-ring (bicyclic) bond motifs is 1. The summed E-state index contributed by atoms with van der Waals surface area (Å²) in [6, 6.07) is 11.5. The van der Waals surface area contributed by atoms with Gasteiger partial charge < -0.3 is 5.11 Å². The van der Waals surface area contributed by atoms with E-state index >= 15 is 0 Å². The van der Waals surface area contributed by atoms with Gasteiger partial charge in [0, 0.05) is 17.3 Å². The van der Waals surface area contributed by atoms with E-state index in [1.807, 2.05) is 37.4 Å². The molecule has 3 rings (SSSR count). The van der Waals surface area contributed by atoms with Crippen molar-refractivity contribution in [2.45, 2.75) is 10.6 Å². The number of phenols is 1. The summed E-state index contributed by atoms with van der Waals surface area (Å²) in [6.07, 6.45) is 1.56. The molecule has 1 aromatic heterocycles. The van der Waals surface area contributed by atoms with Gasteiger partial charge in [0.1, 0.15) is 17.9 Å². The van der Waals surface area contributed by atoms with Crippen LogP contribution in [0.3, 0.4) is 0 Å². The summed E-state index contributed by atoms with van der Waals surface area (Å²) in [7, 11) is 1.89. The summed E-state index contributed by atoms with van der Waals surface area (Å²) >= 11 is 1.70. The smallest absolute Gasteiger partial charge is 0.138 e. The highest BCUT2D eigenvalue weighted by Gasteiger charge is 2.07. The van der Waals surface area contributed by atoms with Crippen molar-refractivity contribution in [2.24, 2.45) is 7.05 Å². The molecule has 0 amide bonds. The number of thioether (sulfide) groups is 1. The van der Waals surface area contributed by atoms with Gasteiger partial charge in [-0.05, 0) is 17.5 Å². The van der Waals surface area contributed by atoms with Crippen molar-refractivity contribution >= 4 is 22.5 Å². The largest absolute Gasteiger partial charge is 0.507 e. The van der Waals surface area contributed by atoms with Crippen LogP contribution >= 0.6 is 11.8 Å². The molecular formula is C14H13N3OS. The van der Waals surface area contributed by atoms with Crippen molar-refractivity contribution in [3.05, 3.63) is 48.5 Å². The molecular weight excluding hydrogens is 258 g/mol. The first-order valence-corrected chi connectivity index (χ1v) is 6.90. The number of phenolic OH excluding ortho intramolecular Hbond substituents is 1. The summed E-state index contributed by atoms with van der Waals surface area (Å²) < 4.78 is 1.77. The first kappa shape index (κ1) is 12.0. The van der Waals surface area contributed by atoms with E-state index in [1.54, 1.807) is 28.8 Å². The lowest BCUT2D eigenvalue weighted by Crippen LogP contribution is -1.97.